The van der Waals surface area contributed by atoms with Gasteiger partial charge in [-0.2, -0.15) is 0 Å². The van der Waals surface area contributed by atoms with Gasteiger partial charge in [0.15, 0.2) is 0 Å². The third-order valence-corrected chi connectivity index (χ3v) is 5.81. The Bertz CT molecular complexity index is 766. The summed E-state index contributed by atoms with van der Waals surface area (Å²) in [6.45, 7) is 4.25. The highest BCUT2D eigenvalue weighted by Gasteiger charge is 2.32. The van der Waals surface area contributed by atoms with Crippen LogP contribution in [0.25, 0.3) is 0 Å². The molecular formula is C23H29N3O2. The molecule has 2 aromatic rings. The van der Waals surface area contributed by atoms with Crippen molar-refractivity contribution in [2.75, 3.05) is 26.7 Å². The molecule has 1 aromatic heterocycles. The number of rotatable bonds is 7. The van der Waals surface area contributed by atoms with Crippen LogP contribution in [0.4, 0.5) is 0 Å². The average molecular weight is 380 g/mol. The van der Waals surface area contributed by atoms with Gasteiger partial charge in [-0.15, -0.1) is 0 Å². The summed E-state index contributed by atoms with van der Waals surface area (Å²) in [4.78, 5) is 20.7. The lowest BCUT2D eigenvalue weighted by Crippen LogP contribution is -2.41. The van der Waals surface area contributed by atoms with Crippen LogP contribution in [0.3, 0.4) is 0 Å². The number of benzene rings is 1. The van der Waals surface area contributed by atoms with Crippen LogP contribution >= 0.6 is 0 Å². The Labute approximate surface area is 167 Å². The third-order valence-electron chi connectivity index (χ3n) is 5.81. The first kappa shape index (κ1) is 18.9. The summed E-state index contributed by atoms with van der Waals surface area (Å²) in [5, 5.41) is 0. The summed E-state index contributed by atoms with van der Waals surface area (Å²) in [5.41, 5.74) is 2.00. The van der Waals surface area contributed by atoms with Crippen molar-refractivity contribution in [3.63, 3.8) is 0 Å². The highest BCUT2D eigenvalue weighted by molar-refractivity contribution is 5.93. The molecule has 4 rings (SSSR count). The van der Waals surface area contributed by atoms with Crippen molar-refractivity contribution in [3.8, 4) is 5.75 Å². The smallest absolute Gasteiger partial charge is 0.255 e. The molecule has 0 bridgehead atoms. The second-order valence-corrected chi connectivity index (χ2v) is 8.13. The molecule has 2 fully saturated rings. The molecule has 0 atom stereocenters. The van der Waals surface area contributed by atoms with E-state index in [1.807, 2.05) is 13.1 Å². The molecule has 2 heterocycles. The molecule has 0 unspecified atom stereocenters. The molecule has 1 amide bonds. The van der Waals surface area contributed by atoms with Gasteiger partial charge in [0, 0.05) is 32.5 Å². The predicted molar refractivity (Wildman–Crippen MR) is 109 cm³/mol. The van der Waals surface area contributed by atoms with E-state index >= 15 is 0 Å². The van der Waals surface area contributed by atoms with Gasteiger partial charge in [0.25, 0.3) is 5.91 Å². The number of ether oxygens (including phenoxy) is 1. The molecule has 1 saturated heterocycles. The number of hydrogen-bond acceptors (Lipinski definition) is 4. The SMILES string of the molecule is CN(CC1CC(Oc2ccc(CN3CCCC3)cc2)C1)C(=O)c1cccnc1. The van der Waals surface area contributed by atoms with E-state index < -0.39 is 0 Å². The lowest BCUT2D eigenvalue weighted by Gasteiger charge is -2.37. The minimum absolute atomic E-state index is 0.0334. The van der Waals surface area contributed by atoms with E-state index in [9.17, 15) is 4.79 Å². The van der Waals surface area contributed by atoms with E-state index in [4.69, 9.17) is 4.74 Å². The monoisotopic (exact) mass is 379 g/mol. The van der Waals surface area contributed by atoms with Crippen molar-refractivity contribution in [1.29, 1.82) is 0 Å². The lowest BCUT2D eigenvalue weighted by atomic mass is 9.82. The maximum absolute atomic E-state index is 12.4. The van der Waals surface area contributed by atoms with Crippen LogP contribution in [-0.2, 0) is 6.54 Å². The quantitative estimate of drug-likeness (QED) is 0.737. The molecule has 1 saturated carbocycles. The molecule has 5 heteroatoms. The number of likely N-dealkylation sites (tertiary alicyclic amines) is 1. The van der Waals surface area contributed by atoms with Crippen LogP contribution in [0.1, 0.15) is 41.6 Å². The topological polar surface area (TPSA) is 45.7 Å². The zero-order valence-corrected chi connectivity index (χ0v) is 16.6. The van der Waals surface area contributed by atoms with Gasteiger partial charge in [-0.05, 0) is 74.5 Å². The molecule has 0 spiro atoms. The summed E-state index contributed by atoms with van der Waals surface area (Å²) in [5.74, 6) is 1.49. The van der Waals surface area contributed by atoms with E-state index in [2.05, 4.69) is 34.1 Å². The maximum Gasteiger partial charge on any atom is 0.255 e. The normalized spacial score (nSPS) is 21.9. The first-order valence-corrected chi connectivity index (χ1v) is 10.3. The van der Waals surface area contributed by atoms with Crippen molar-refractivity contribution in [3.05, 3.63) is 59.9 Å². The highest BCUT2D eigenvalue weighted by Crippen LogP contribution is 2.32. The van der Waals surface area contributed by atoms with Crippen LogP contribution in [0.15, 0.2) is 48.8 Å². The van der Waals surface area contributed by atoms with E-state index in [1.165, 1.54) is 31.5 Å². The van der Waals surface area contributed by atoms with Gasteiger partial charge in [0.1, 0.15) is 5.75 Å². The second-order valence-electron chi connectivity index (χ2n) is 8.13. The molecule has 5 nitrogen and oxygen atoms in total. The van der Waals surface area contributed by atoms with Gasteiger partial charge < -0.3 is 9.64 Å². The first-order valence-electron chi connectivity index (χ1n) is 10.3. The number of carbonyl (C=O) groups excluding carboxylic acids is 1. The maximum atomic E-state index is 12.4. The predicted octanol–water partition coefficient (Wildman–Crippen LogP) is 3.61. The molecule has 0 N–H and O–H groups in total. The molecule has 1 aliphatic carbocycles. The Balaban J connectivity index is 1.19. The summed E-state index contributed by atoms with van der Waals surface area (Å²) in [6, 6.07) is 12.2. The van der Waals surface area contributed by atoms with Crippen LogP contribution in [0.5, 0.6) is 5.75 Å². The summed E-state index contributed by atoms with van der Waals surface area (Å²) < 4.78 is 6.11. The lowest BCUT2D eigenvalue weighted by molar-refractivity contribution is 0.0419. The fourth-order valence-corrected chi connectivity index (χ4v) is 4.16. The third kappa shape index (κ3) is 4.71. The Kier molecular flexibility index (Phi) is 5.91. The van der Waals surface area contributed by atoms with Crippen molar-refractivity contribution in [1.82, 2.24) is 14.8 Å². The Hall–Kier alpha value is -2.40. The highest BCUT2D eigenvalue weighted by atomic mass is 16.5. The van der Waals surface area contributed by atoms with Gasteiger partial charge in [0.05, 0.1) is 11.7 Å². The molecular weight excluding hydrogens is 350 g/mol. The van der Waals surface area contributed by atoms with Gasteiger partial charge in [-0.1, -0.05) is 12.1 Å². The number of hydrogen-bond donors (Lipinski definition) is 0. The fraction of sp³-hybridized carbons (Fsp3) is 0.478. The minimum Gasteiger partial charge on any atom is -0.490 e. The summed E-state index contributed by atoms with van der Waals surface area (Å²) >= 11 is 0. The van der Waals surface area contributed by atoms with E-state index in [-0.39, 0.29) is 12.0 Å². The van der Waals surface area contributed by atoms with Crippen molar-refractivity contribution >= 4 is 5.91 Å². The minimum atomic E-state index is 0.0334. The van der Waals surface area contributed by atoms with Crippen molar-refractivity contribution < 1.29 is 9.53 Å². The van der Waals surface area contributed by atoms with Crippen molar-refractivity contribution in [2.24, 2.45) is 5.92 Å². The number of pyridine rings is 1. The summed E-state index contributed by atoms with van der Waals surface area (Å²) in [7, 11) is 1.86. The van der Waals surface area contributed by atoms with Crippen LogP contribution in [-0.4, -0.2) is 53.5 Å². The zero-order valence-electron chi connectivity index (χ0n) is 16.6. The number of aromatic nitrogens is 1. The molecule has 148 valence electrons. The van der Waals surface area contributed by atoms with E-state index in [0.717, 1.165) is 31.7 Å². The van der Waals surface area contributed by atoms with Gasteiger partial charge in [-0.25, -0.2) is 0 Å². The van der Waals surface area contributed by atoms with E-state index in [1.54, 1.807) is 23.4 Å². The number of carbonyl (C=O) groups is 1. The van der Waals surface area contributed by atoms with Crippen LogP contribution < -0.4 is 4.74 Å². The first-order chi connectivity index (χ1) is 13.7. The Morgan fingerprint density at radius 2 is 1.93 bits per heavy atom. The second kappa shape index (κ2) is 8.74. The van der Waals surface area contributed by atoms with Gasteiger partial charge >= 0.3 is 0 Å². The molecule has 1 aromatic carbocycles. The standard InChI is InChI=1S/C23H29N3O2/c1-25(23(27)20-5-4-10-24-15-20)16-19-13-22(14-19)28-21-8-6-18(7-9-21)17-26-11-2-3-12-26/h4-10,15,19,22H,2-3,11-14,16-17H2,1H3. The number of amides is 1. The van der Waals surface area contributed by atoms with E-state index in [0.29, 0.717) is 11.5 Å². The molecule has 2 aliphatic rings. The van der Waals surface area contributed by atoms with Crippen LogP contribution in [0.2, 0.25) is 0 Å². The Morgan fingerprint density at radius 1 is 1.18 bits per heavy atom. The van der Waals surface area contributed by atoms with Crippen molar-refractivity contribution in [2.45, 2.75) is 38.3 Å². The van der Waals surface area contributed by atoms with Gasteiger partial charge in [-0.3, -0.25) is 14.7 Å². The Morgan fingerprint density at radius 3 is 2.61 bits per heavy atom. The molecule has 1 aliphatic heterocycles. The average Bonchev–Trinajstić information content (AvgIpc) is 3.20. The number of nitrogens with zero attached hydrogens (tertiary/aromatic N) is 3. The summed E-state index contributed by atoms with van der Waals surface area (Å²) in [6.07, 6.45) is 8.22. The van der Waals surface area contributed by atoms with Crippen LogP contribution in [0, 0.1) is 5.92 Å². The molecule has 0 radical (unpaired) electrons. The van der Waals surface area contributed by atoms with Gasteiger partial charge in [0.2, 0.25) is 0 Å². The fourth-order valence-electron chi connectivity index (χ4n) is 4.16. The largest absolute Gasteiger partial charge is 0.490 e. The zero-order chi connectivity index (χ0) is 19.3. The molecule has 28 heavy (non-hydrogen) atoms.